The zero-order chi connectivity index (χ0) is 10.6. The van der Waals surface area contributed by atoms with Gasteiger partial charge in [-0.2, -0.15) is 0 Å². The van der Waals surface area contributed by atoms with Crippen LogP contribution in [-0.2, 0) is 10.8 Å². The van der Waals surface area contributed by atoms with Crippen LogP contribution in [0.2, 0.25) is 0 Å². The molecule has 1 heterocycles. The van der Waals surface area contributed by atoms with Crippen LogP contribution in [0.5, 0.6) is 5.75 Å². The Labute approximate surface area is 84.4 Å². The van der Waals surface area contributed by atoms with Gasteiger partial charge in [0.1, 0.15) is 11.4 Å². The number of nitrogens with zero attached hydrogens (tertiary/aromatic N) is 1. The van der Waals surface area contributed by atoms with E-state index in [-0.39, 0.29) is 23.0 Å². The molecule has 14 heavy (non-hydrogen) atoms. The van der Waals surface area contributed by atoms with E-state index in [1.807, 2.05) is 0 Å². The molecule has 0 aliphatic heterocycles. The van der Waals surface area contributed by atoms with Crippen molar-refractivity contribution in [3.63, 3.8) is 0 Å². The molecular formula is C9H11NO3S. The second kappa shape index (κ2) is 4.85. The van der Waals surface area contributed by atoms with E-state index >= 15 is 0 Å². The normalized spacial score (nSPS) is 12.4. The minimum absolute atomic E-state index is 0.00568. The smallest absolute Gasteiger partial charge is 0.193 e. The molecule has 1 atom stereocenters. The van der Waals surface area contributed by atoms with Crippen molar-refractivity contribution < 1.29 is 14.1 Å². The van der Waals surface area contributed by atoms with Crippen LogP contribution < -0.4 is 0 Å². The van der Waals surface area contributed by atoms with Gasteiger partial charge in [0.2, 0.25) is 0 Å². The maximum absolute atomic E-state index is 11.4. The molecule has 0 aliphatic rings. The molecule has 0 saturated carbocycles. The molecule has 0 fully saturated rings. The van der Waals surface area contributed by atoms with E-state index in [4.69, 9.17) is 5.11 Å². The number of carbonyl (C=O) groups is 1. The van der Waals surface area contributed by atoms with E-state index in [0.29, 0.717) is 5.75 Å². The molecule has 1 rings (SSSR count). The van der Waals surface area contributed by atoms with Crippen molar-refractivity contribution in [1.29, 1.82) is 0 Å². The van der Waals surface area contributed by atoms with Crippen molar-refractivity contribution in [2.24, 2.45) is 0 Å². The van der Waals surface area contributed by atoms with Gasteiger partial charge in [-0.3, -0.25) is 9.00 Å². The molecule has 1 aromatic heterocycles. The second-order valence-corrected chi connectivity index (χ2v) is 4.44. The van der Waals surface area contributed by atoms with E-state index in [2.05, 4.69) is 4.98 Å². The van der Waals surface area contributed by atoms with E-state index in [9.17, 15) is 9.00 Å². The summed E-state index contributed by atoms with van der Waals surface area (Å²) in [5.74, 6) is 0.210. The van der Waals surface area contributed by atoms with Crippen LogP contribution in [0.4, 0.5) is 0 Å². The van der Waals surface area contributed by atoms with E-state index in [1.165, 1.54) is 18.3 Å². The van der Waals surface area contributed by atoms with Crippen molar-refractivity contribution in [2.75, 3.05) is 11.5 Å². The lowest BCUT2D eigenvalue weighted by Gasteiger charge is -1.98. The third-order valence-corrected chi connectivity index (χ3v) is 2.88. The average Bonchev–Trinajstić information content (AvgIpc) is 2.18. The number of aromatic nitrogens is 1. The van der Waals surface area contributed by atoms with Crippen molar-refractivity contribution >= 4 is 16.6 Å². The quantitative estimate of drug-likeness (QED) is 0.749. The molecule has 0 aliphatic carbocycles. The van der Waals surface area contributed by atoms with Gasteiger partial charge in [-0.05, 0) is 12.1 Å². The first kappa shape index (κ1) is 10.8. The Morgan fingerprint density at radius 1 is 1.57 bits per heavy atom. The fraction of sp³-hybridized carbons (Fsp3) is 0.333. The number of Topliss-reactive ketones (excluding diaryl/α,β-unsaturated/α-hetero) is 1. The average molecular weight is 213 g/mol. The molecule has 0 aromatic carbocycles. The molecule has 0 saturated heterocycles. The highest BCUT2D eigenvalue weighted by molar-refractivity contribution is 7.85. The molecule has 0 spiro atoms. The van der Waals surface area contributed by atoms with Crippen molar-refractivity contribution in [3.05, 3.63) is 24.0 Å². The summed E-state index contributed by atoms with van der Waals surface area (Å²) in [6, 6.07) is 2.81. The molecule has 4 nitrogen and oxygen atoms in total. The number of pyridine rings is 1. The predicted molar refractivity (Wildman–Crippen MR) is 53.8 cm³/mol. The highest BCUT2D eigenvalue weighted by Crippen LogP contribution is 2.06. The number of hydrogen-bond acceptors (Lipinski definition) is 4. The summed E-state index contributed by atoms with van der Waals surface area (Å²) in [6.07, 6.45) is 1.20. The van der Waals surface area contributed by atoms with Gasteiger partial charge in [-0.1, -0.05) is 6.92 Å². The van der Waals surface area contributed by atoms with Crippen LogP contribution in [0.25, 0.3) is 0 Å². The van der Waals surface area contributed by atoms with Gasteiger partial charge in [0.25, 0.3) is 0 Å². The zero-order valence-electron chi connectivity index (χ0n) is 7.77. The Bertz CT molecular complexity index is 348. The molecule has 1 N–H and O–H groups in total. The Balaban J connectivity index is 2.70. The van der Waals surface area contributed by atoms with Gasteiger partial charge >= 0.3 is 0 Å². The molecule has 0 amide bonds. The summed E-state index contributed by atoms with van der Waals surface area (Å²) in [5.41, 5.74) is 0.240. The number of hydrogen-bond donors (Lipinski definition) is 1. The second-order valence-electron chi connectivity index (χ2n) is 2.70. The van der Waals surface area contributed by atoms with Crippen LogP contribution in [0.3, 0.4) is 0 Å². The molecule has 76 valence electrons. The maximum atomic E-state index is 11.4. The van der Waals surface area contributed by atoms with Crippen LogP contribution in [0.1, 0.15) is 17.4 Å². The first-order chi connectivity index (χ1) is 6.63. The predicted octanol–water partition coefficient (Wildman–Crippen LogP) is 0.738. The summed E-state index contributed by atoms with van der Waals surface area (Å²) in [4.78, 5) is 15.1. The summed E-state index contributed by atoms with van der Waals surface area (Å²) in [6.45, 7) is 1.76. The van der Waals surface area contributed by atoms with Crippen molar-refractivity contribution in [3.8, 4) is 5.75 Å². The molecule has 0 radical (unpaired) electrons. The van der Waals surface area contributed by atoms with Crippen molar-refractivity contribution in [1.82, 2.24) is 4.98 Å². The van der Waals surface area contributed by atoms with Crippen LogP contribution in [0, 0.1) is 0 Å². The van der Waals surface area contributed by atoms with Crippen LogP contribution >= 0.6 is 0 Å². The molecular weight excluding hydrogens is 202 g/mol. The number of ketones is 1. The van der Waals surface area contributed by atoms with Gasteiger partial charge in [-0.15, -0.1) is 0 Å². The molecule has 0 bridgehead atoms. The highest BCUT2D eigenvalue weighted by Gasteiger charge is 2.10. The fourth-order valence-electron chi connectivity index (χ4n) is 0.873. The lowest BCUT2D eigenvalue weighted by atomic mass is 10.3. The van der Waals surface area contributed by atoms with Gasteiger partial charge in [0.05, 0.1) is 11.9 Å². The van der Waals surface area contributed by atoms with Crippen molar-refractivity contribution in [2.45, 2.75) is 6.92 Å². The first-order valence-electron chi connectivity index (χ1n) is 4.16. The summed E-state index contributed by atoms with van der Waals surface area (Å²) >= 11 is 0. The number of rotatable bonds is 4. The minimum Gasteiger partial charge on any atom is -0.506 e. The van der Waals surface area contributed by atoms with Gasteiger partial charge in [0, 0.05) is 16.6 Å². The largest absolute Gasteiger partial charge is 0.506 e. The van der Waals surface area contributed by atoms with Gasteiger partial charge < -0.3 is 5.11 Å². The van der Waals surface area contributed by atoms with Crippen LogP contribution in [-0.4, -0.2) is 31.6 Å². The SMILES string of the molecule is CCS(=O)CC(=O)c1ccc(O)cn1. The van der Waals surface area contributed by atoms with Gasteiger partial charge in [-0.25, -0.2) is 4.98 Å². The standard InChI is InChI=1S/C9H11NO3S/c1-2-14(13)6-9(12)8-4-3-7(11)5-10-8/h3-5,11H,2,6H2,1H3. The summed E-state index contributed by atoms with van der Waals surface area (Å²) < 4.78 is 11.1. The molecule has 1 unspecified atom stereocenters. The monoisotopic (exact) mass is 213 g/mol. The number of carbonyl (C=O) groups excluding carboxylic acids is 1. The Hall–Kier alpha value is -1.23. The maximum Gasteiger partial charge on any atom is 0.193 e. The lowest BCUT2D eigenvalue weighted by molar-refractivity contribution is 0.101. The number of aromatic hydroxyl groups is 1. The van der Waals surface area contributed by atoms with E-state index < -0.39 is 10.8 Å². The zero-order valence-corrected chi connectivity index (χ0v) is 8.58. The molecule has 1 aromatic rings. The van der Waals surface area contributed by atoms with E-state index in [0.717, 1.165) is 0 Å². The third kappa shape index (κ3) is 2.92. The summed E-state index contributed by atoms with van der Waals surface area (Å²) in [5, 5.41) is 8.93. The summed E-state index contributed by atoms with van der Waals surface area (Å²) in [7, 11) is -1.11. The Kier molecular flexibility index (Phi) is 3.76. The molecule has 5 heteroatoms. The van der Waals surface area contributed by atoms with Gasteiger partial charge in [0.15, 0.2) is 5.78 Å². The Morgan fingerprint density at radius 3 is 2.79 bits per heavy atom. The van der Waals surface area contributed by atoms with E-state index in [1.54, 1.807) is 6.92 Å². The first-order valence-corrected chi connectivity index (χ1v) is 5.65. The topological polar surface area (TPSA) is 67.3 Å². The fourth-order valence-corrected chi connectivity index (χ4v) is 1.52. The third-order valence-electron chi connectivity index (χ3n) is 1.65. The lowest BCUT2D eigenvalue weighted by Crippen LogP contribution is -2.13. The Morgan fingerprint density at radius 2 is 2.29 bits per heavy atom. The van der Waals surface area contributed by atoms with Crippen LogP contribution in [0.15, 0.2) is 18.3 Å². The highest BCUT2D eigenvalue weighted by atomic mass is 32.2. The minimum atomic E-state index is -1.11.